The fraction of sp³-hybridized carbons (Fsp3) is 0.500. The lowest BCUT2D eigenvalue weighted by Crippen LogP contribution is -2.42. The van der Waals surface area contributed by atoms with E-state index < -0.39 is 0 Å². The van der Waals surface area contributed by atoms with Gasteiger partial charge in [0.15, 0.2) is 0 Å². The van der Waals surface area contributed by atoms with E-state index in [1.165, 1.54) is 6.07 Å². The minimum Gasteiger partial charge on any atom is -0.381 e. The Balaban J connectivity index is 1.96. The van der Waals surface area contributed by atoms with E-state index in [1.807, 2.05) is 0 Å². The van der Waals surface area contributed by atoms with Crippen molar-refractivity contribution < 1.29 is 9.13 Å². The summed E-state index contributed by atoms with van der Waals surface area (Å²) in [7, 11) is 0. The van der Waals surface area contributed by atoms with Gasteiger partial charge in [0.1, 0.15) is 5.82 Å². The fourth-order valence-corrected chi connectivity index (χ4v) is 2.04. The fourth-order valence-electron chi connectivity index (χ4n) is 1.76. The van der Waals surface area contributed by atoms with Crippen LogP contribution in [0.25, 0.3) is 0 Å². The van der Waals surface area contributed by atoms with Gasteiger partial charge in [0.05, 0.1) is 23.4 Å². The van der Waals surface area contributed by atoms with E-state index in [-0.39, 0.29) is 11.9 Å². The molecule has 0 bridgehead atoms. The molecule has 0 aliphatic carbocycles. The Kier molecular flexibility index (Phi) is 4.20. The number of hydrogen-bond acceptors (Lipinski definition) is 3. The lowest BCUT2D eigenvalue weighted by Gasteiger charge is -2.24. The van der Waals surface area contributed by atoms with Crippen LogP contribution in [0, 0.1) is 12.7 Å². The van der Waals surface area contributed by atoms with E-state index in [0.717, 1.165) is 13.1 Å². The van der Waals surface area contributed by atoms with Gasteiger partial charge in [-0.05, 0) is 24.6 Å². The number of aryl methyl sites for hydroxylation is 1. The van der Waals surface area contributed by atoms with E-state index in [4.69, 9.17) is 16.3 Å². The summed E-state index contributed by atoms with van der Waals surface area (Å²) in [5.74, 6) is -0.250. The van der Waals surface area contributed by atoms with E-state index in [0.29, 0.717) is 29.4 Å². The average molecular weight is 259 g/mol. The van der Waals surface area contributed by atoms with E-state index in [1.54, 1.807) is 13.0 Å². The topological polar surface area (TPSA) is 33.3 Å². The van der Waals surface area contributed by atoms with Crippen LogP contribution in [-0.2, 0) is 4.74 Å². The Morgan fingerprint density at radius 3 is 3.12 bits per heavy atom. The molecule has 17 heavy (non-hydrogen) atoms. The highest BCUT2D eigenvalue weighted by molar-refractivity contribution is 6.33. The van der Waals surface area contributed by atoms with Gasteiger partial charge in [-0.15, -0.1) is 0 Å². The molecule has 1 saturated heterocycles. The zero-order valence-corrected chi connectivity index (χ0v) is 10.5. The van der Waals surface area contributed by atoms with Crippen LogP contribution in [0.3, 0.4) is 0 Å². The van der Waals surface area contributed by atoms with Crippen molar-refractivity contribution in [1.82, 2.24) is 5.32 Å². The predicted molar refractivity (Wildman–Crippen MR) is 67.2 cm³/mol. The van der Waals surface area contributed by atoms with Crippen molar-refractivity contribution in [1.29, 1.82) is 0 Å². The number of anilines is 1. The van der Waals surface area contributed by atoms with Gasteiger partial charge in [-0.2, -0.15) is 0 Å². The summed E-state index contributed by atoms with van der Waals surface area (Å²) in [6.45, 7) is 4.71. The van der Waals surface area contributed by atoms with Crippen molar-refractivity contribution in [2.24, 2.45) is 0 Å². The van der Waals surface area contributed by atoms with E-state index in [9.17, 15) is 4.39 Å². The highest BCUT2D eigenvalue weighted by Gasteiger charge is 2.14. The summed E-state index contributed by atoms with van der Waals surface area (Å²) < 4.78 is 18.9. The third kappa shape index (κ3) is 3.31. The molecule has 0 saturated carbocycles. The molecule has 0 radical (unpaired) electrons. The second kappa shape index (κ2) is 5.67. The van der Waals surface area contributed by atoms with Crippen molar-refractivity contribution in [3.05, 3.63) is 28.5 Å². The molecule has 0 aromatic heterocycles. The molecule has 1 aromatic carbocycles. The van der Waals surface area contributed by atoms with Gasteiger partial charge >= 0.3 is 0 Å². The number of morpholine rings is 1. The summed E-state index contributed by atoms with van der Waals surface area (Å²) in [5.41, 5.74) is 1.17. The third-order valence-electron chi connectivity index (χ3n) is 2.77. The summed E-state index contributed by atoms with van der Waals surface area (Å²) >= 11 is 6.03. The molecule has 3 nitrogen and oxygen atoms in total. The minimum absolute atomic E-state index is 0.101. The van der Waals surface area contributed by atoms with E-state index in [2.05, 4.69) is 10.6 Å². The molecule has 1 heterocycles. The van der Waals surface area contributed by atoms with Gasteiger partial charge < -0.3 is 15.4 Å². The zero-order valence-electron chi connectivity index (χ0n) is 9.72. The molecule has 0 amide bonds. The monoisotopic (exact) mass is 258 g/mol. The normalized spacial score (nSPS) is 20.3. The first-order valence-electron chi connectivity index (χ1n) is 5.68. The van der Waals surface area contributed by atoms with E-state index >= 15 is 0 Å². The highest BCUT2D eigenvalue weighted by Crippen LogP contribution is 2.25. The molecule has 0 spiro atoms. The van der Waals surface area contributed by atoms with Crippen LogP contribution in [0.2, 0.25) is 5.02 Å². The smallest absolute Gasteiger partial charge is 0.128 e. The molecule has 1 fully saturated rings. The number of ether oxygens (including phenoxy) is 1. The summed E-state index contributed by atoms with van der Waals surface area (Å²) in [6, 6.07) is 3.05. The maximum Gasteiger partial charge on any atom is 0.128 e. The van der Waals surface area contributed by atoms with Crippen LogP contribution in [0.1, 0.15) is 5.56 Å². The first-order chi connectivity index (χ1) is 8.16. The van der Waals surface area contributed by atoms with Crippen molar-refractivity contribution >= 4 is 17.3 Å². The Bertz CT molecular complexity index is 394. The molecule has 1 atom stereocenters. The number of hydrogen-bond donors (Lipinski definition) is 2. The van der Waals surface area contributed by atoms with Crippen molar-refractivity contribution in [3.8, 4) is 0 Å². The lowest BCUT2D eigenvalue weighted by atomic mass is 10.2. The summed E-state index contributed by atoms with van der Waals surface area (Å²) in [5, 5.41) is 6.88. The summed E-state index contributed by atoms with van der Waals surface area (Å²) in [4.78, 5) is 0. The van der Waals surface area contributed by atoms with Crippen molar-refractivity contribution in [2.45, 2.75) is 13.0 Å². The van der Waals surface area contributed by atoms with Crippen LogP contribution in [0.5, 0.6) is 0 Å². The second-order valence-corrected chi connectivity index (χ2v) is 4.57. The Morgan fingerprint density at radius 2 is 2.41 bits per heavy atom. The van der Waals surface area contributed by atoms with Crippen LogP contribution >= 0.6 is 11.6 Å². The molecule has 94 valence electrons. The molecule has 2 N–H and O–H groups in total. The average Bonchev–Trinajstić information content (AvgIpc) is 2.33. The van der Waals surface area contributed by atoms with Gasteiger partial charge in [0, 0.05) is 19.6 Å². The number of rotatable bonds is 3. The SMILES string of the molecule is Cc1cc(Cl)c(NCC2CNCCO2)cc1F. The maximum absolute atomic E-state index is 13.4. The van der Waals surface area contributed by atoms with Crippen molar-refractivity contribution in [3.63, 3.8) is 0 Å². The third-order valence-corrected chi connectivity index (χ3v) is 3.09. The van der Waals surface area contributed by atoms with Crippen LogP contribution in [0.15, 0.2) is 12.1 Å². The predicted octanol–water partition coefficient (Wildman–Crippen LogP) is 2.19. The minimum atomic E-state index is -0.250. The van der Waals surface area contributed by atoms with Crippen LogP contribution < -0.4 is 10.6 Å². The quantitative estimate of drug-likeness (QED) is 0.872. The lowest BCUT2D eigenvalue weighted by molar-refractivity contribution is 0.0372. The second-order valence-electron chi connectivity index (χ2n) is 4.16. The first-order valence-corrected chi connectivity index (χ1v) is 6.06. The number of nitrogens with one attached hydrogen (secondary N) is 2. The molecule has 2 rings (SSSR count). The molecule has 1 aliphatic heterocycles. The van der Waals surface area contributed by atoms with Gasteiger partial charge in [-0.1, -0.05) is 11.6 Å². The summed E-state index contributed by atoms with van der Waals surface area (Å²) in [6.07, 6.45) is 0.101. The maximum atomic E-state index is 13.4. The van der Waals surface area contributed by atoms with Gasteiger partial charge in [0.2, 0.25) is 0 Å². The molecule has 1 aromatic rings. The zero-order chi connectivity index (χ0) is 12.3. The van der Waals surface area contributed by atoms with Gasteiger partial charge in [-0.3, -0.25) is 0 Å². The molecular weight excluding hydrogens is 243 g/mol. The van der Waals surface area contributed by atoms with Crippen molar-refractivity contribution in [2.75, 3.05) is 31.6 Å². The van der Waals surface area contributed by atoms with Crippen LogP contribution in [-0.4, -0.2) is 32.3 Å². The Hall–Kier alpha value is -0.840. The molecular formula is C12H16ClFN2O. The van der Waals surface area contributed by atoms with Gasteiger partial charge in [-0.25, -0.2) is 4.39 Å². The number of benzene rings is 1. The first kappa shape index (κ1) is 12.6. The Morgan fingerprint density at radius 1 is 1.59 bits per heavy atom. The highest BCUT2D eigenvalue weighted by atomic mass is 35.5. The number of halogens is 2. The molecule has 1 unspecified atom stereocenters. The molecule has 1 aliphatic rings. The van der Waals surface area contributed by atoms with Crippen LogP contribution in [0.4, 0.5) is 10.1 Å². The molecule has 5 heteroatoms. The van der Waals surface area contributed by atoms with Gasteiger partial charge in [0.25, 0.3) is 0 Å². The largest absolute Gasteiger partial charge is 0.381 e. The standard InChI is InChI=1S/C12H16ClFN2O/c1-8-4-10(13)12(5-11(8)14)16-7-9-6-15-2-3-17-9/h4-5,9,15-16H,2-3,6-7H2,1H3. The Labute approximate surface area is 105 Å².